The molecule has 4 saturated carbocycles. The first-order chi connectivity index (χ1) is 30.7. The topological polar surface area (TPSA) is 8.17 Å². The zero-order valence-electron chi connectivity index (χ0n) is 35.2. The minimum absolute atomic E-state index is 0.0689. The predicted octanol–water partition coefficient (Wildman–Crippen LogP) is 11.9. The lowest BCUT2D eigenvalue weighted by Gasteiger charge is -2.66. The molecular weight excluding hydrogens is 765 g/mol. The SMILES string of the molecule is C[C@H]1C2CC3CC(C2)C2(c4ccccc4N(c4ccc5c(c4)c4ccccc4n5-c4cccc([Si](c5ccccc5)(c5ccccc5)c5ccccc5)c4)c4ccccc42)C1C3. The Bertz CT molecular complexity index is 3010. The molecule has 9 aromatic rings. The molecule has 1 spiro atoms. The molecule has 2 heterocycles. The van der Waals surface area contributed by atoms with Crippen LogP contribution in [0.4, 0.5) is 17.1 Å². The maximum absolute atomic E-state index is 2.73. The predicted molar refractivity (Wildman–Crippen MR) is 261 cm³/mol. The first kappa shape index (κ1) is 36.3. The number of anilines is 3. The summed E-state index contributed by atoms with van der Waals surface area (Å²) < 4.78 is 2.51. The minimum Gasteiger partial charge on any atom is -0.310 e. The summed E-state index contributed by atoms with van der Waals surface area (Å²) in [7, 11) is -2.73. The maximum atomic E-state index is 2.61. The molecular formula is C59H50N2Si. The van der Waals surface area contributed by atoms with E-state index < -0.39 is 8.07 Å². The van der Waals surface area contributed by atoms with Gasteiger partial charge in [0.15, 0.2) is 8.07 Å². The highest BCUT2D eigenvalue weighted by Crippen LogP contribution is 2.70. The van der Waals surface area contributed by atoms with Crippen LogP contribution in [0.1, 0.15) is 43.7 Å². The van der Waals surface area contributed by atoms with Gasteiger partial charge in [-0.05, 0) is 136 Å². The standard InChI is InChI=1S/C59H50N2Si/c1-40-42-34-41-35-43(37-42)59(54(40)36-41)52-27-12-15-30-57(52)61(58-31-16-13-28-53(58)59)45-32-33-56-51(39-45)50-26-11-14-29-55(50)60(56)44-18-17-25-49(38-44)62(46-19-5-2-6-20-46,47-21-7-3-8-22-47)48-23-9-4-10-24-48/h2-33,38-43,54H,34-37H2,1H3/t40-,41?,42?,43?,54?/m0/s1. The largest absolute Gasteiger partial charge is 0.310 e. The summed E-state index contributed by atoms with van der Waals surface area (Å²) >= 11 is 0. The lowest BCUT2D eigenvalue weighted by Crippen LogP contribution is -2.74. The molecule has 4 bridgehead atoms. The lowest BCUT2D eigenvalue weighted by atomic mass is 9.39. The van der Waals surface area contributed by atoms with Gasteiger partial charge in [0.1, 0.15) is 0 Å². The average molecular weight is 815 g/mol. The van der Waals surface area contributed by atoms with E-state index in [9.17, 15) is 0 Å². The highest BCUT2D eigenvalue weighted by atomic mass is 28.3. The molecule has 14 rings (SSSR count). The van der Waals surface area contributed by atoms with Crippen LogP contribution in [0.25, 0.3) is 27.5 Å². The number of nitrogens with zero attached hydrogens (tertiary/aromatic N) is 2. The van der Waals surface area contributed by atoms with Crippen molar-refractivity contribution in [1.29, 1.82) is 0 Å². The zero-order chi connectivity index (χ0) is 41.0. The molecule has 62 heavy (non-hydrogen) atoms. The average Bonchev–Trinajstić information content (AvgIpc) is 3.67. The van der Waals surface area contributed by atoms with Crippen LogP contribution >= 0.6 is 0 Å². The summed E-state index contributed by atoms with van der Waals surface area (Å²) in [6.07, 6.45) is 5.57. The summed E-state index contributed by atoms with van der Waals surface area (Å²) in [5.41, 5.74) is 10.8. The van der Waals surface area contributed by atoms with E-state index in [1.54, 1.807) is 11.1 Å². The van der Waals surface area contributed by atoms with Crippen LogP contribution in [0, 0.1) is 29.6 Å². The van der Waals surface area contributed by atoms with Crippen LogP contribution in [0.2, 0.25) is 0 Å². The lowest BCUT2D eigenvalue weighted by molar-refractivity contribution is -0.0834. The minimum atomic E-state index is -2.73. The third kappa shape index (κ3) is 4.92. The van der Waals surface area contributed by atoms with Crippen LogP contribution in [-0.2, 0) is 5.41 Å². The van der Waals surface area contributed by atoms with Crippen molar-refractivity contribution in [3.8, 4) is 5.69 Å². The maximum Gasteiger partial charge on any atom is 0.179 e. The van der Waals surface area contributed by atoms with E-state index in [-0.39, 0.29) is 5.41 Å². The van der Waals surface area contributed by atoms with Gasteiger partial charge in [-0.25, -0.2) is 0 Å². The Labute approximate surface area is 366 Å². The molecule has 3 heteroatoms. The molecule has 0 N–H and O–H groups in total. The highest BCUT2D eigenvalue weighted by Gasteiger charge is 2.63. The number of hydrogen-bond acceptors (Lipinski definition) is 1. The van der Waals surface area contributed by atoms with Crippen LogP contribution in [0.3, 0.4) is 0 Å². The van der Waals surface area contributed by atoms with Gasteiger partial charge in [-0.3, -0.25) is 0 Å². The number of hydrogen-bond donors (Lipinski definition) is 0. The Morgan fingerprint density at radius 1 is 0.452 bits per heavy atom. The molecule has 0 radical (unpaired) electrons. The third-order valence-electron chi connectivity index (χ3n) is 16.3. The molecule has 4 unspecified atom stereocenters. The van der Waals surface area contributed by atoms with Crippen molar-refractivity contribution in [3.05, 3.63) is 217 Å². The van der Waals surface area contributed by atoms with Gasteiger partial charge in [-0.1, -0.05) is 165 Å². The fraction of sp³-hybridized carbons (Fsp3) is 0.186. The van der Waals surface area contributed by atoms with E-state index in [1.807, 2.05) is 0 Å². The van der Waals surface area contributed by atoms with Crippen molar-refractivity contribution in [2.45, 2.75) is 38.0 Å². The first-order valence-corrected chi connectivity index (χ1v) is 25.0. The number of fused-ring (bicyclic) bond motifs is 5. The molecule has 1 aliphatic heterocycles. The summed E-state index contributed by atoms with van der Waals surface area (Å²) in [4.78, 5) is 2.61. The second-order valence-electron chi connectivity index (χ2n) is 18.9. The monoisotopic (exact) mass is 814 g/mol. The fourth-order valence-electron chi connectivity index (χ4n) is 14.0. The van der Waals surface area contributed by atoms with Gasteiger partial charge < -0.3 is 9.47 Å². The van der Waals surface area contributed by atoms with Crippen molar-refractivity contribution in [1.82, 2.24) is 4.57 Å². The molecule has 4 aliphatic carbocycles. The smallest absolute Gasteiger partial charge is 0.179 e. The Kier molecular flexibility index (Phi) is 8.06. The van der Waals surface area contributed by atoms with Crippen LogP contribution in [0.15, 0.2) is 206 Å². The van der Waals surface area contributed by atoms with E-state index in [0.717, 1.165) is 17.8 Å². The van der Waals surface area contributed by atoms with E-state index in [0.29, 0.717) is 11.8 Å². The van der Waals surface area contributed by atoms with Gasteiger partial charge in [-0.2, -0.15) is 0 Å². The molecule has 5 atom stereocenters. The summed E-state index contributed by atoms with van der Waals surface area (Å²) in [5.74, 6) is 3.92. The molecule has 0 amide bonds. The van der Waals surface area contributed by atoms with Crippen molar-refractivity contribution < 1.29 is 0 Å². The van der Waals surface area contributed by atoms with E-state index >= 15 is 0 Å². The summed E-state index contributed by atoms with van der Waals surface area (Å²) in [5, 5.41) is 8.07. The Morgan fingerprint density at radius 2 is 1.02 bits per heavy atom. The van der Waals surface area contributed by atoms with Crippen molar-refractivity contribution in [2.24, 2.45) is 29.6 Å². The van der Waals surface area contributed by atoms with Crippen LogP contribution in [0.5, 0.6) is 0 Å². The van der Waals surface area contributed by atoms with E-state index in [2.05, 4.69) is 223 Å². The van der Waals surface area contributed by atoms with Gasteiger partial charge >= 0.3 is 0 Å². The zero-order valence-corrected chi connectivity index (χ0v) is 36.2. The van der Waals surface area contributed by atoms with Gasteiger partial charge in [0.25, 0.3) is 0 Å². The molecule has 0 saturated heterocycles. The quantitative estimate of drug-likeness (QED) is 0.120. The number of rotatable bonds is 6. The third-order valence-corrected chi connectivity index (χ3v) is 21.1. The van der Waals surface area contributed by atoms with Gasteiger partial charge in [-0.15, -0.1) is 0 Å². The molecule has 1 aromatic heterocycles. The van der Waals surface area contributed by atoms with Crippen molar-refractivity contribution in [3.63, 3.8) is 0 Å². The van der Waals surface area contributed by atoms with Crippen LogP contribution < -0.4 is 25.6 Å². The Hall–Kier alpha value is -6.42. The Balaban J connectivity index is 1.00. The summed E-state index contributed by atoms with van der Waals surface area (Å²) in [6, 6.07) is 78.6. The summed E-state index contributed by atoms with van der Waals surface area (Å²) in [6.45, 7) is 2.60. The highest BCUT2D eigenvalue weighted by molar-refractivity contribution is 7.19. The van der Waals surface area contributed by atoms with Crippen molar-refractivity contribution in [2.75, 3.05) is 4.90 Å². The second-order valence-corrected chi connectivity index (χ2v) is 22.7. The Morgan fingerprint density at radius 3 is 1.68 bits per heavy atom. The molecule has 8 aromatic carbocycles. The van der Waals surface area contributed by atoms with Gasteiger partial charge in [0.2, 0.25) is 0 Å². The molecule has 4 fully saturated rings. The van der Waals surface area contributed by atoms with Gasteiger partial charge in [0, 0.05) is 27.6 Å². The van der Waals surface area contributed by atoms with Gasteiger partial charge in [0.05, 0.1) is 22.4 Å². The van der Waals surface area contributed by atoms with E-state index in [4.69, 9.17) is 0 Å². The number of benzene rings is 8. The van der Waals surface area contributed by atoms with Crippen LogP contribution in [-0.4, -0.2) is 12.6 Å². The second kappa shape index (κ2) is 13.8. The molecule has 300 valence electrons. The normalized spacial score (nSPS) is 22.0. The molecule has 5 aliphatic rings. The number of para-hydroxylation sites is 3. The number of aromatic nitrogens is 1. The van der Waals surface area contributed by atoms with E-state index in [1.165, 1.54) is 91.0 Å². The fourth-order valence-corrected chi connectivity index (χ4v) is 18.8. The molecule has 2 nitrogen and oxygen atoms in total. The first-order valence-electron chi connectivity index (χ1n) is 23.0. The van der Waals surface area contributed by atoms with Crippen molar-refractivity contribution >= 4 is 67.7 Å².